The molecule has 1 aliphatic heterocycles. The van der Waals surface area contributed by atoms with E-state index in [4.69, 9.17) is 4.74 Å². The summed E-state index contributed by atoms with van der Waals surface area (Å²) in [5, 5.41) is 0. The molecule has 2 heteroatoms. The van der Waals surface area contributed by atoms with Gasteiger partial charge in [0, 0.05) is 13.2 Å². The van der Waals surface area contributed by atoms with Gasteiger partial charge in [-0.25, -0.2) is 0 Å². The molecular weight excluding hydrogens is 215 g/mol. The second-order valence-electron chi connectivity index (χ2n) is 2.21. The first-order valence-electron chi connectivity index (χ1n) is 3.07. The van der Waals surface area contributed by atoms with Gasteiger partial charge in [0.05, 0.1) is 0 Å². The summed E-state index contributed by atoms with van der Waals surface area (Å²) in [5.41, 5.74) is 0. The molecule has 0 spiro atoms. The summed E-state index contributed by atoms with van der Waals surface area (Å²) in [6.45, 7) is 2.02. The quantitative estimate of drug-likeness (QED) is 0.515. The molecule has 48 valence electrons. The van der Waals surface area contributed by atoms with E-state index in [9.17, 15) is 0 Å². The molecule has 0 saturated carbocycles. The SMILES string of the molecule is ICCC1CCOC1. The van der Waals surface area contributed by atoms with Crippen LogP contribution in [-0.2, 0) is 4.74 Å². The number of hydrogen-bond acceptors (Lipinski definition) is 1. The highest BCUT2D eigenvalue weighted by atomic mass is 127. The van der Waals surface area contributed by atoms with Crippen LogP contribution in [0.2, 0.25) is 0 Å². The molecule has 1 fully saturated rings. The van der Waals surface area contributed by atoms with Crippen LogP contribution in [0.1, 0.15) is 12.8 Å². The summed E-state index contributed by atoms with van der Waals surface area (Å²) >= 11 is 2.42. The molecule has 1 nitrogen and oxygen atoms in total. The zero-order valence-electron chi connectivity index (χ0n) is 4.90. The van der Waals surface area contributed by atoms with Crippen molar-refractivity contribution in [2.75, 3.05) is 17.6 Å². The van der Waals surface area contributed by atoms with Crippen LogP contribution >= 0.6 is 22.6 Å². The zero-order chi connectivity index (χ0) is 5.82. The molecule has 1 unspecified atom stereocenters. The van der Waals surface area contributed by atoms with Crippen LogP contribution in [0.4, 0.5) is 0 Å². The third kappa shape index (κ3) is 1.90. The maximum Gasteiger partial charge on any atom is 0.0495 e. The van der Waals surface area contributed by atoms with Gasteiger partial charge in [-0.2, -0.15) is 0 Å². The zero-order valence-corrected chi connectivity index (χ0v) is 7.06. The largest absolute Gasteiger partial charge is 0.381 e. The minimum absolute atomic E-state index is 0.881. The Morgan fingerprint density at radius 3 is 3.00 bits per heavy atom. The lowest BCUT2D eigenvalue weighted by Gasteiger charge is -2.00. The number of halogens is 1. The predicted molar refractivity (Wildman–Crippen MR) is 42.4 cm³/mol. The van der Waals surface area contributed by atoms with E-state index in [-0.39, 0.29) is 0 Å². The third-order valence-corrected chi connectivity index (χ3v) is 2.16. The van der Waals surface area contributed by atoms with Crippen molar-refractivity contribution in [3.8, 4) is 0 Å². The minimum Gasteiger partial charge on any atom is -0.381 e. The Labute approximate surface area is 63.9 Å². The van der Waals surface area contributed by atoms with Crippen molar-refractivity contribution in [2.45, 2.75) is 12.8 Å². The van der Waals surface area contributed by atoms with E-state index in [0.717, 1.165) is 19.1 Å². The molecule has 1 heterocycles. The van der Waals surface area contributed by atoms with Crippen LogP contribution in [0.15, 0.2) is 0 Å². The molecule has 1 saturated heterocycles. The summed E-state index contributed by atoms with van der Waals surface area (Å²) in [5.74, 6) is 0.881. The fourth-order valence-electron chi connectivity index (χ4n) is 0.965. The highest BCUT2D eigenvalue weighted by Gasteiger charge is 2.13. The number of rotatable bonds is 2. The Morgan fingerprint density at radius 2 is 2.50 bits per heavy atom. The van der Waals surface area contributed by atoms with Crippen LogP contribution in [0, 0.1) is 5.92 Å². The standard InChI is InChI=1S/C6H11IO/c7-3-1-6-2-4-8-5-6/h6H,1-5H2. The molecule has 1 atom stereocenters. The molecule has 0 aromatic carbocycles. The number of hydrogen-bond donors (Lipinski definition) is 0. The summed E-state index contributed by atoms with van der Waals surface area (Å²) in [6.07, 6.45) is 2.64. The number of alkyl halides is 1. The van der Waals surface area contributed by atoms with Crippen molar-refractivity contribution in [3.05, 3.63) is 0 Å². The van der Waals surface area contributed by atoms with Crippen LogP contribution in [0.25, 0.3) is 0 Å². The van der Waals surface area contributed by atoms with Crippen molar-refractivity contribution in [3.63, 3.8) is 0 Å². The molecule has 0 bridgehead atoms. The van der Waals surface area contributed by atoms with Crippen molar-refractivity contribution < 1.29 is 4.74 Å². The average molecular weight is 226 g/mol. The minimum atomic E-state index is 0.881. The lowest BCUT2D eigenvalue weighted by atomic mass is 10.1. The van der Waals surface area contributed by atoms with Crippen molar-refractivity contribution in [1.82, 2.24) is 0 Å². The maximum absolute atomic E-state index is 5.21. The Bertz CT molecular complexity index is 59.5. The summed E-state index contributed by atoms with van der Waals surface area (Å²) in [4.78, 5) is 0. The summed E-state index contributed by atoms with van der Waals surface area (Å²) in [6, 6.07) is 0. The van der Waals surface area contributed by atoms with Crippen molar-refractivity contribution >= 4 is 22.6 Å². The van der Waals surface area contributed by atoms with Gasteiger partial charge in [-0.3, -0.25) is 0 Å². The van der Waals surface area contributed by atoms with E-state index in [1.165, 1.54) is 17.3 Å². The van der Waals surface area contributed by atoms with Gasteiger partial charge in [0.25, 0.3) is 0 Å². The van der Waals surface area contributed by atoms with E-state index < -0.39 is 0 Å². The fourth-order valence-corrected chi connectivity index (χ4v) is 1.85. The highest BCUT2D eigenvalue weighted by Crippen LogP contribution is 2.16. The first kappa shape index (κ1) is 6.81. The third-order valence-electron chi connectivity index (χ3n) is 1.54. The van der Waals surface area contributed by atoms with E-state index in [1.54, 1.807) is 0 Å². The Balaban J connectivity index is 2.06. The summed E-state index contributed by atoms with van der Waals surface area (Å²) < 4.78 is 6.49. The monoisotopic (exact) mass is 226 g/mol. The lowest BCUT2D eigenvalue weighted by Crippen LogP contribution is -1.98. The van der Waals surface area contributed by atoms with Gasteiger partial charge in [-0.05, 0) is 23.2 Å². The number of ether oxygens (including phenoxy) is 1. The van der Waals surface area contributed by atoms with Gasteiger partial charge in [0.15, 0.2) is 0 Å². The van der Waals surface area contributed by atoms with Crippen LogP contribution < -0.4 is 0 Å². The van der Waals surface area contributed by atoms with Crippen LogP contribution in [0.3, 0.4) is 0 Å². The molecule has 0 aromatic heterocycles. The molecule has 8 heavy (non-hydrogen) atoms. The summed E-state index contributed by atoms with van der Waals surface area (Å²) in [7, 11) is 0. The molecule has 0 aliphatic carbocycles. The molecule has 1 rings (SSSR count). The maximum atomic E-state index is 5.21. The molecular formula is C6H11IO. The van der Waals surface area contributed by atoms with Gasteiger partial charge >= 0.3 is 0 Å². The first-order chi connectivity index (χ1) is 3.93. The van der Waals surface area contributed by atoms with E-state index in [0.29, 0.717) is 0 Å². The van der Waals surface area contributed by atoms with Gasteiger partial charge < -0.3 is 4.74 Å². The molecule has 0 radical (unpaired) electrons. The van der Waals surface area contributed by atoms with Gasteiger partial charge in [0.2, 0.25) is 0 Å². The Hall–Kier alpha value is 0.690. The van der Waals surface area contributed by atoms with Crippen molar-refractivity contribution in [2.24, 2.45) is 5.92 Å². The normalized spacial score (nSPS) is 28.9. The van der Waals surface area contributed by atoms with Crippen LogP contribution in [-0.4, -0.2) is 17.6 Å². The lowest BCUT2D eigenvalue weighted by molar-refractivity contribution is 0.185. The molecule has 0 aromatic rings. The van der Waals surface area contributed by atoms with Gasteiger partial charge in [-0.1, -0.05) is 22.6 Å². The van der Waals surface area contributed by atoms with Crippen molar-refractivity contribution in [1.29, 1.82) is 0 Å². The van der Waals surface area contributed by atoms with E-state index >= 15 is 0 Å². The second-order valence-corrected chi connectivity index (χ2v) is 3.29. The molecule has 0 N–H and O–H groups in total. The second kappa shape index (κ2) is 3.67. The van der Waals surface area contributed by atoms with E-state index in [2.05, 4.69) is 22.6 Å². The predicted octanol–water partition coefficient (Wildman–Crippen LogP) is 1.85. The molecule has 0 amide bonds. The average Bonchev–Trinajstić information content (AvgIpc) is 2.19. The van der Waals surface area contributed by atoms with Gasteiger partial charge in [0.1, 0.15) is 0 Å². The smallest absolute Gasteiger partial charge is 0.0495 e. The first-order valence-corrected chi connectivity index (χ1v) is 4.59. The van der Waals surface area contributed by atoms with E-state index in [1.807, 2.05) is 0 Å². The Morgan fingerprint density at radius 1 is 1.62 bits per heavy atom. The Kier molecular flexibility index (Phi) is 3.12. The fraction of sp³-hybridized carbons (Fsp3) is 1.00. The highest BCUT2D eigenvalue weighted by molar-refractivity contribution is 14.1. The topological polar surface area (TPSA) is 9.23 Å². The van der Waals surface area contributed by atoms with Crippen LogP contribution in [0.5, 0.6) is 0 Å². The van der Waals surface area contributed by atoms with Gasteiger partial charge in [-0.15, -0.1) is 0 Å². The molecule has 1 aliphatic rings.